The fourth-order valence-electron chi connectivity index (χ4n) is 2.46. The number of aromatic carboxylic acids is 1. The number of carboxylic acids is 1. The van der Waals surface area contributed by atoms with Gasteiger partial charge < -0.3 is 15.2 Å². The molecule has 0 radical (unpaired) electrons. The summed E-state index contributed by atoms with van der Waals surface area (Å²) in [5.74, 6) is 0.225. The molecule has 2 aromatic carbocycles. The van der Waals surface area contributed by atoms with E-state index in [0.717, 1.165) is 5.56 Å². The lowest BCUT2D eigenvalue weighted by molar-refractivity contribution is 0.0696. The van der Waals surface area contributed by atoms with Gasteiger partial charge in [0, 0.05) is 11.3 Å². The number of carboxylic acid groups (broad SMARTS) is 1. The zero-order chi connectivity index (χ0) is 18.4. The second kappa shape index (κ2) is 8.02. The average molecular weight is 335 g/mol. The van der Waals surface area contributed by atoms with Gasteiger partial charge in [0.15, 0.2) is 0 Å². The molecule has 0 bridgehead atoms. The van der Waals surface area contributed by atoms with Crippen LogP contribution in [0.3, 0.4) is 0 Å². The lowest BCUT2D eigenvalue weighted by atomic mass is 9.99. The second-order valence-electron chi connectivity index (χ2n) is 5.45. The molecule has 2 N–H and O–H groups in total. The van der Waals surface area contributed by atoms with Crippen molar-refractivity contribution >= 4 is 11.7 Å². The van der Waals surface area contributed by atoms with Crippen molar-refractivity contribution < 1.29 is 14.6 Å². The molecule has 0 saturated heterocycles. The molecule has 0 spiro atoms. The number of nitrogens with one attached hydrogen (secondary N) is 1. The van der Waals surface area contributed by atoms with Crippen molar-refractivity contribution in [1.29, 1.82) is 0 Å². The van der Waals surface area contributed by atoms with Crippen molar-refractivity contribution in [2.24, 2.45) is 0 Å². The van der Waals surface area contributed by atoms with Gasteiger partial charge in [0.25, 0.3) is 0 Å². The summed E-state index contributed by atoms with van der Waals surface area (Å²) in [6.07, 6.45) is 1.78. The van der Waals surface area contributed by atoms with Gasteiger partial charge in [-0.3, -0.25) is 0 Å². The van der Waals surface area contributed by atoms with Crippen LogP contribution in [0.4, 0.5) is 0 Å². The molecule has 0 saturated carbocycles. The van der Waals surface area contributed by atoms with Crippen LogP contribution < -0.4 is 10.1 Å². The number of ether oxygens (including phenoxy) is 1. The molecule has 128 valence electrons. The zero-order valence-electron chi connectivity index (χ0n) is 14.4. The van der Waals surface area contributed by atoms with E-state index in [0.29, 0.717) is 28.5 Å². The highest BCUT2D eigenvalue weighted by molar-refractivity contribution is 5.94. The molecule has 0 aliphatic heterocycles. The van der Waals surface area contributed by atoms with Crippen molar-refractivity contribution in [3.05, 3.63) is 95.9 Å². The number of hydrogen-bond acceptors (Lipinski definition) is 3. The van der Waals surface area contributed by atoms with E-state index >= 15 is 0 Å². The SMILES string of the molecule is C=C(NC(=C)c1c(C)cccc1C(=O)O)/C(=C\C)Oc1ccccc1. The molecule has 0 aliphatic rings. The zero-order valence-corrected chi connectivity index (χ0v) is 14.4. The number of aryl methyl sites for hydroxylation is 1. The van der Waals surface area contributed by atoms with Gasteiger partial charge in [0.05, 0.1) is 11.3 Å². The summed E-state index contributed by atoms with van der Waals surface area (Å²) >= 11 is 0. The third-order valence-corrected chi connectivity index (χ3v) is 3.64. The van der Waals surface area contributed by atoms with E-state index in [1.807, 2.05) is 50.2 Å². The standard InChI is InChI=1S/C21H21NO3/c1-5-19(25-17-11-7-6-8-12-17)15(3)22-16(4)20-14(2)10-9-13-18(20)21(23)24/h5-13,22H,3-4H2,1-2H3,(H,23,24)/b19-5+. The van der Waals surface area contributed by atoms with Crippen molar-refractivity contribution in [3.63, 3.8) is 0 Å². The first-order valence-electron chi connectivity index (χ1n) is 7.81. The summed E-state index contributed by atoms with van der Waals surface area (Å²) in [6.45, 7) is 11.6. The second-order valence-corrected chi connectivity index (χ2v) is 5.45. The smallest absolute Gasteiger partial charge is 0.336 e. The Morgan fingerprint density at radius 3 is 2.40 bits per heavy atom. The molecule has 0 aromatic heterocycles. The van der Waals surface area contributed by atoms with E-state index in [9.17, 15) is 9.90 Å². The highest BCUT2D eigenvalue weighted by atomic mass is 16.5. The average Bonchev–Trinajstić information content (AvgIpc) is 2.59. The van der Waals surface area contributed by atoms with E-state index in [1.54, 1.807) is 18.2 Å². The summed E-state index contributed by atoms with van der Waals surface area (Å²) in [5.41, 5.74) is 2.51. The minimum absolute atomic E-state index is 0.191. The largest absolute Gasteiger partial charge is 0.478 e. The van der Waals surface area contributed by atoms with Crippen LogP contribution in [0.2, 0.25) is 0 Å². The first-order valence-corrected chi connectivity index (χ1v) is 7.81. The Kier molecular flexibility index (Phi) is 5.79. The normalized spacial score (nSPS) is 10.9. The molecule has 0 unspecified atom stereocenters. The monoisotopic (exact) mass is 335 g/mol. The Hall–Kier alpha value is -3.27. The Morgan fingerprint density at radius 1 is 1.12 bits per heavy atom. The fourth-order valence-corrected chi connectivity index (χ4v) is 2.46. The van der Waals surface area contributed by atoms with E-state index in [2.05, 4.69) is 18.5 Å². The van der Waals surface area contributed by atoms with Crippen LogP contribution in [0.15, 0.2) is 79.2 Å². The minimum Gasteiger partial charge on any atom is -0.478 e. The molecule has 0 amide bonds. The predicted octanol–water partition coefficient (Wildman–Crippen LogP) is 4.75. The number of hydrogen-bond donors (Lipinski definition) is 2. The Labute approximate surface area is 147 Å². The van der Waals surface area contributed by atoms with E-state index in [1.165, 1.54) is 0 Å². The molecule has 2 rings (SSSR count). The molecular formula is C21H21NO3. The molecule has 4 nitrogen and oxygen atoms in total. The van der Waals surface area contributed by atoms with E-state index in [-0.39, 0.29) is 5.56 Å². The van der Waals surface area contributed by atoms with Crippen LogP contribution in [0, 0.1) is 6.92 Å². The number of carbonyl (C=O) groups is 1. The quantitative estimate of drug-likeness (QED) is 0.566. The summed E-state index contributed by atoms with van der Waals surface area (Å²) in [6, 6.07) is 14.5. The molecule has 2 aromatic rings. The van der Waals surface area contributed by atoms with Gasteiger partial charge in [-0.25, -0.2) is 4.79 Å². The van der Waals surface area contributed by atoms with E-state index < -0.39 is 5.97 Å². The number of benzene rings is 2. The maximum absolute atomic E-state index is 11.5. The first-order chi connectivity index (χ1) is 11.9. The van der Waals surface area contributed by atoms with Crippen molar-refractivity contribution in [2.75, 3.05) is 0 Å². The summed E-state index contributed by atoms with van der Waals surface area (Å²) in [5, 5.41) is 12.5. The van der Waals surface area contributed by atoms with Crippen molar-refractivity contribution in [1.82, 2.24) is 5.32 Å². The van der Waals surface area contributed by atoms with Gasteiger partial charge in [-0.1, -0.05) is 43.5 Å². The number of para-hydroxylation sites is 1. The van der Waals surface area contributed by atoms with Gasteiger partial charge in [-0.15, -0.1) is 0 Å². The van der Waals surface area contributed by atoms with Crippen LogP contribution >= 0.6 is 0 Å². The summed E-state index contributed by atoms with van der Waals surface area (Å²) in [7, 11) is 0. The third kappa shape index (κ3) is 4.38. The van der Waals surface area contributed by atoms with Crippen LogP contribution in [-0.2, 0) is 0 Å². The highest BCUT2D eigenvalue weighted by Crippen LogP contribution is 2.23. The van der Waals surface area contributed by atoms with Crippen LogP contribution in [0.5, 0.6) is 5.75 Å². The van der Waals surface area contributed by atoms with Gasteiger partial charge in [0.1, 0.15) is 11.5 Å². The van der Waals surface area contributed by atoms with E-state index in [4.69, 9.17) is 4.74 Å². The lowest BCUT2D eigenvalue weighted by Gasteiger charge is -2.18. The lowest BCUT2D eigenvalue weighted by Crippen LogP contribution is -2.17. The Balaban J connectivity index is 2.20. The fraction of sp³-hybridized carbons (Fsp3) is 0.0952. The molecular weight excluding hydrogens is 314 g/mol. The first kappa shape index (κ1) is 18.1. The van der Waals surface area contributed by atoms with Crippen LogP contribution in [0.1, 0.15) is 28.4 Å². The molecule has 25 heavy (non-hydrogen) atoms. The maximum atomic E-state index is 11.5. The maximum Gasteiger partial charge on any atom is 0.336 e. The van der Waals surface area contributed by atoms with Gasteiger partial charge in [-0.2, -0.15) is 0 Å². The van der Waals surface area contributed by atoms with Gasteiger partial charge >= 0.3 is 5.97 Å². The van der Waals surface area contributed by atoms with Gasteiger partial charge in [0.2, 0.25) is 0 Å². The topological polar surface area (TPSA) is 58.6 Å². The summed E-state index contributed by atoms with van der Waals surface area (Å²) in [4.78, 5) is 11.5. The highest BCUT2D eigenvalue weighted by Gasteiger charge is 2.16. The molecule has 0 fully saturated rings. The number of rotatable bonds is 7. The molecule has 0 atom stereocenters. The third-order valence-electron chi connectivity index (χ3n) is 3.64. The number of allylic oxidation sites excluding steroid dienone is 1. The Morgan fingerprint density at radius 2 is 1.80 bits per heavy atom. The van der Waals surface area contributed by atoms with Crippen molar-refractivity contribution in [2.45, 2.75) is 13.8 Å². The van der Waals surface area contributed by atoms with Crippen LogP contribution in [0.25, 0.3) is 5.70 Å². The van der Waals surface area contributed by atoms with Crippen LogP contribution in [-0.4, -0.2) is 11.1 Å². The molecule has 0 aliphatic carbocycles. The summed E-state index contributed by atoms with van der Waals surface area (Å²) < 4.78 is 5.81. The minimum atomic E-state index is -1.00. The predicted molar refractivity (Wildman–Crippen MR) is 100 cm³/mol. The van der Waals surface area contributed by atoms with Gasteiger partial charge in [-0.05, 0) is 43.7 Å². The molecule has 4 heteroatoms. The molecule has 0 heterocycles. The Bertz CT molecular complexity index is 835. The van der Waals surface area contributed by atoms with Crippen molar-refractivity contribution in [3.8, 4) is 5.75 Å².